The SMILES string of the molecule is Cc1nc2c(F)c(C#Cc3[nH]nc4ccnc(N)c34)c(F)cc2n1C. The number of imidazole rings is 1. The number of aromatic amines is 1. The molecule has 0 atom stereocenters. The molecule has 0 radical (unpaired) electrons. The third-order valence-electron chi connectivity index (χ3n) is 4.10. The first kappa shape index (κ1) is 15.1. The first-order valence-corrected chi connectivity index (χ1v) is 7.39. The normalized spacial score (nSPS) is 11.0. The Kier molecular flexibility index (Phi) is 3.18. The summed E-state index contributed by atoms with van der Waals surface area (Å²) < 4.78 is 30.6. The van der Waals surface area contributed by atoms with Gasteiger partial charge in [0.2, 0.25) is 0 Å². The van der Waals surface area contributed by atoms with E-state index < -0.39 is 11.6 Å². The van der Waals surface area contributed by atoms with Crippen LogP contribution in [0.4, 0.5) is 14.6 Å². The molecule has 0 bridgehead atoms. The fourth-order valence-electron chi connectivity index (χ4n) is 2.69. The van der Waals surface area contributed by atoms with Crippen molar-refractivity contribution in [1.29, 1.82) is 0 Å². The molecule has 0 unspecified atom stereocenters. The molecule has 4 rings (SSSR count). The summed E-state index contributed by atoms with van der Waals surface area (Å²) in [6.07, 6.45) is 1.52. The lowest BCUT2D eigenvalue weighted by Crippen LogP contribution is -1.95. The number of H-pyrrole nitrogens is 1. The van der Waals surface area contributed by atoms with E-state index in [0.29, 0.717) is 27.9 Å². The van der Waals surface area contributed by atoms with Crippen molar-refractivity contribution < 1.29 is 8.78 Å². The summed E-state index contributed by atoms with van der Waals surface area (Å²) in [7, 11) is 1.70. The van der Waals surface area contributed by atoms with Crippen LogP contribution in [0, 0.1) is 30.4 Å². The zero-order valence-corrected chi connectivity index (χ0v) is 13.4. The average molecular weight is 338 g/mol. The van der Waals surface area contributed by atoms with Crippen LogP contribution in [0.2, 0.25) is 0 Å². The maximum absolute atomic E-state index is 14.7. The van der Waals surface area contributed by atoms with Gasteiger partial charge >= 0.3 is 0 Å². The van der Waals surface area contributed by atoms with Crippen molar-refractivity contribution in [3.63, 3.8) is 0 Å². The number of benzene rings is 1. The van der Waals surface area contributed by atoms with E-state index in [2.05, 4.69) is 32.0 Å². The van der Waals surface area contributed by atoms with Gasteiger partial charge in [-0.2, -0.15) is 5.10 Å². The lowest BCUT2D eigenvalue weighted by atomic mass is 10.1. The average Bonchev–Trinajstić information content (AvgIpc) is 3.12. The molecule has 6 nitrogen and oxygen atoms in total. The highest BCUT2D eigenvalue weighted by Gasteiger charge is 2.17. The molecule has 4 aromatic rings. The second kappa shape index (κ2) is 5.27. The zero-order valence-electron chi connectivity index (χ0n) is 13.4. The summed E-state index contributed by atoms with van der Waals surface area (Å²) in [4.78, 5) is 8.10. The summed E-state index contributed by atoms with van der Waals surface area (Å²) in [5.74, 6) is 4.49. The van der Waals surface area contributed by atoms with Crippen molar-refractivity contribution in [1.82, 2.24) is 24.7 Å². The topological polar surface area (TPSA) is 85.4 Å². The van der Waals surface area contributed by atoms with Crippen molar-refractivity contribution in [2.24, 2.45) is 7.05 Å². The number of nitrogen functional groups attached to an aromatic ring is 1. The van der Waals surface area contributed by atoms with Gasteiger partial charge in [0.15, 0.2) is 5.82 Å². The largest absolute Gasteiger partial charge is 0.383 e. The molecule has 0 fully saturated rings. The minimum Gasteiger partial charge on any atom is -0.383 e. The van der Waals surface area contributed by atoms with Gasteiger partial charge in [-0.25, -0.2) is 18.7 Å². The van der Waals surface area contributed by atoms with Crippen LogP contribution >= 0.6 is 0 Å². The van der Waals surface area contributed by atoms with E-state index in [1.54, 1.807) is 24.6 Å². The molecule has 0 aliphatic heterocycles. The molecule has 0 aliphatic rings. The van der Waals surface area contributed by atoms with E-state index >= 15 is 0 Å². The maximum Gasteiger partial charge on any atom is 0.169 e. The van der Waals surface area contributed by atoms with E-state index in [4.69, 9.17) is 5.73 Å². The van der Waals surface area contributed by atoms with Gasteiger partial charge in [0, 0.05) is 19.3 Å². The Morgan fingerprint density at radius 1 is 1.28 bits per heavy atom. The van der Waals surface area contributed by atoms with E-state index in [0.717, 1.165) is 0 Å². The third kappa shape index (κ3) is 2.21. The third-order valence-corrected chi connectivity index (χ3v) is 4.10. The molecule has 124 valence electrons. The summed E-state index contributed by atoms with van der Waals surface area (Å²) in [5, 5.41) is 7.28. The van der Waals surface area contributed by atoms with Gasteiger partial charge in [0.05, 0.1) is 22.0 Å². The number of halogens is 2. The molecular formula is C17H12F2N6. The highest BCUT2D eigenvalue weighted by Crippen LogP contribution is 2.24. The molecule has 0 saturated heterocycles. The molecule has 0 amide bonds. The van der Waals surface area contributed by atoms with Gasteiger partial charge < -0.3 is 10.3 Å². The fourth-order valence-corrected chi connectivity index (χ4v) is 2.69. The number of hydrogen-bond acceptors (Lipinski definition) is 4. The molecule has 0 aliphatic carbocycles. The zero-order chi connectivity index (χ0) is 17.7. The maximum atomic E-state index is 14.7. The quantitative estimate of drug-likeness (QED) is 0.482. The number of aromatic nitrogens is 5. The Morgan fingerprint density at radius 3 is 2.88 bits per heavy atom. The molecule has 1 aromatic carbocycles. The second-order valence-electron chi connectivity index (χ2n) is 5.57. The molecular weight excluding hydrogens is 326 g/mol. The van der Waals surface area contributed by atoms with Crippen molar-refractivity contribution in [2.75, 3.05) is 5.73 Å². The van der Waals surface area contributed by atoms with E-state index in [9.17, 15) is 8.78 Å². The smallest absolute Gasteiger partial charge is 0.169 e. The van der Waals surface area contributed by atoms with E-state index in [1.807, 2.05) is 0 Å². The lowest BCUT2D eigenvalue weighted by Gasteiger charge is -2.00. The molecule has 25 heavy (non-hydrogen) atoms. The summed E-state index contributed by atoms with van der Waals surface area (Å²) in [5.41, 5.74) is 6.85. The van der Waals surface area contributed by atoms with Crippen LogP contribution in [0.5, 0.6) is 0 Å². The van der Waals surface area contributed by atoms with Crippen LogP contribution in [-0.4, -0.2) is 24.7 Å². The number of aryl methyl sites for hydroxylation is 2. The van der Waals surface area contributed by atoms with Crippen LogP contribution in [0.1, 0.15) is 17.1 Å². The van der Waals surface area contributed by atoms with Crippen LogP contribution in [-0.2, 0) is 7.05 Å². The monoisotopic (exact) mass is 338 g/mol. The number of nitrogens with two attached hydrogens (primary N) is 1. The summed E-state index contributed by atoms with van der Waals surface area (Å²) in [6.45, 7) is 1.72. The van der Waals surface area contributed by atoms with Crippen molar-refractivity contribution >= 4 is 27.8 Å². The van der Waals surface area contributed by atoms with Gasteiger partial charge in [-0.05, 0) is 18.9 Å². The van der Waals surface area contributed by atoms with Crippen molar-refractivity contribution in [3.8, 4) is 11.8 Å². The predicted molar refractivity (Wildman–Crippen MR) is 89.6 cm³/mol. The number of nitrogens with one attached hydrogen (secondary N) is 1. The first-order valence-electron chi connectivity index (χ1n) is 7.39. The first-order chi connectivity index (χ1) is 12.0. The Morgan fingerprint density at radius 2 is 2.08 bits per heavy atom. The van der Waals surface area contributed by atoms with Gasteiger partial charge in [-0.3, -0.25) is 5.10 Å². The lowest BCUT2D eigenvalue weighted by molar-refractivity contribution is 0.584. The van der Waals surface area contributed by atoms with Gasteiger partial charge in [0.25, 0.3) is 0 Å². The Balaban J connectivity index is 1.91. The second-order valence-corrected chi connectivity index (χ2v) is 5.57. The van der Waals surface area contributed by atoms with Crippen LogP contribution < -0.4 is 5.73 Å². The fraction of sp³-hybridized carbons (Fsp3) is 0.118. The molecule has 0 saturated carbocycles. The minimum atomic E-state index is -0.791. The molecule has 0 spiro atoms. The van der Waals surface area contributed by atoms with E-state index in [-0.39, 0.29) is 16.9 Å². The van der Waals surface area contributed by atoms with Crippen LogP contribution in [0.25, 0.3) is 21.9 Å². The Bertz CT molecular complexity index is 1210. The molecule has 3 aromatic heterocycles. The Labute approximate surface area is 140 Å². The Hall–Kier alpha value is -3.47. The summed E-state index contributed by atoms with van der Waals surface area (Å²) in [6, 6.07) is 2.89. The molecule has 3 heterocycles. The molecule has 3 N–H and O–H groups in total. The minimum absolute atomic E-state index is 0.0846. The van der Waals surface area contributed by atoms with Crippen molar-refractivity contribution in [3.05, 3.63) is 47.0 Å². The van der Waals surface area contributed by atoms with Crippen LogP contribution in [0.3, 0.4) is 0 Å². The number of anilines is 1. The van der Waals surface area contributed by atoms with Crippen LogP contribution in [0.15, 0.2) is 18.3 Å². The van der Waals surface area contributed by atoms with Gasteiger partial charge in [-0.1, -0.05) is 5.92 Å². The summed E-state index contributed by atoms with van der Waals surface area (Å²) >= 11 is 0. The number of pyridine rings is 1. The highest BCUT2D eigenvalue weighted by atomic mass is 19.1. The standard InChI is InChI=1S/C17H12F2N6/c1-8-22-16-13(25(8)2)7-10(18)9(15(16)19)3-4-11-14-12(24-23-11)5-6-21-17(14)20/h5-7H,1-2H3,(H2,20,21)(H,23,24). The van der Waals surface area contributed by atoms with E-state index in [1.165, 1.54) is 12.3 Å². The number of fused-ring (bicyclic) bond motifs is 2. The number of nitrogens with zero attached hydrogens (tertiary/aromatic N) is 4. The van der Waals surface area contributed by atoms with Gasteiger partial charge in [-0.15, -0.1) is 0 Å². The predicted octanol–water partition coefficient (Wildman–Crippen LogP) is 2.41. The van der Waals surface area contributed by atoms with Gasteiger partial charge in [0.1, 0.15) is 28.7 Å². The number of rotatable bonds is 0. The highest BCUT2D eigenvalue weighted by molar-refractivity contribution is 5.92. The number of hydrogen-bond donors (Lipinski definition) is 2. The molecule has 8 heteroatoms. The van der Waals surface area contributed by atoms with Crippen molar-refractivity contribution in [2.45, 2.75) is 6.92 Å².